The number of nitrogens with two attached hydrogens (primary N) is 1. The Hall–Kier alpha value is -4.18. The molecule has 1 aliphatic carbocycles. The minimum absolute atomic E-state index is 0.0388. The number of likely N-dealkylation sites (tertiary alicyclic amines) is 1. The van der Waals surface area contributed by atoms with E-state index in [4.69, 9.17) is 10.6 Å². The van der Waals surface area contributed by atoms with Gasteiger partial charge in [-0.2, -0.15) is 10.3 Å². The van der Waals surface area contributed by atoms with E-state index in [1.54, 1.807) is 30.3 Å². The molecular weight excluding hydrogens is 474 g/mol. The Kier molecular flexibility index (Phi) is 6.43. The third-order valence-electron chi connectivity index (χ3n) is 6.99. The van der Waals surface area contributed by atoms with Gasteiger partial charge in [-0.1, -0.05) is 78.9 Å². The van der Waals surface area contributed by atoms with Crippen molar-refractivity contribution in [1.29, 1.82) is 0 Å². The minimum Gasteiger partial charge on any atom is -0.350 e. The fourth-order valence-electron chi connectivity index (χ4n) is 5.15. The summed E-state index contributed by atoms with van der Waals surface area (Å²) in [4.78, 5) is 57.0. The standard InChI is InChI=1S/C28H25N3O6/c29-28(35)30(37-17-23-21-12-6-4-10-19(21)20-11-5-7-13-22(20)23)24(16-18-8-2-1-3-9-18)27(34)31(36)25(32)14-15-26(31)33/h1-13,23-24,36H,14-17H2,(H-,29,35)/p+1. The highest BCUT2D eigenvalue weighted by molar-refractivity contribution is 6.03. The molecule has 2 aliphatic rings. The Morgan fingerprint density at radius 1 is 0.892 bits per heavy atom. The van der Waals surface area contributed by atoms with Gasteiger partial charge in [0.05, 0.1) is 19.4 Å². The number of imide groups is 3. The average molecular weight is 501 g/mol. The van der Waals surface area contributed by atoms with Crippen molar-refractivity contribution in [3.8, 4) is 11.1 Å². The number of amides is 5. The molecule has 5 amide bonds. The van der Waals surface area contributed by atoms with E-state index < -0.39 is 34.4 Å². The van der Waals surface area contributed by atoms with Crippen LogP contribution in [0, 0.1) is 0 Å². The number of carbonyl (C=O) groups is 4. The summed E-state index contributed by atoms with van der Waals surface area (Å²) in [5.74, 6) is -3.33. The number of hydrogen-bond donors (Lipinski definition) is 2. The molecule has 37 heavy (non-hydrogen) atoms. The molecule has 1 heterocycles. The lowest BCUT2D eigenvalue weighted by Crippen LogP contribution is -2.63. The number of benzene rings is 3. The Labute approximate surface area is 213 Å². The smallest absolute Gasteiger partial charge is 0.350 e. The number of rotatable bonds is 7. The van der Waals surface area contributed by atoms with Crippen LogP contribution in [0.25, 0.3) is 11.1 Å². The van der Waals surface area contributed by atoms with Gasteiger partial charge in [0.25, 0.3) is 0 Å². The maximum Gasteiger partial charge on any atom is 0.386 e. The van der Waals surface area contributed by atoms with E-state index in [0.29, 0.717) is 10.6 Å². The molecule has 1 unspecified atom stereocenters. The van der Waals surface area contributed by atoms with Crippen LogP contribution >= 0.6 is 0 Å². The first-order valence-electron chi connectivity index (χ1n) is 12.0. The number of primary amides is 1. The quantitative estimate of drug-likeness (QED) is 0.222. The lowest BCUT2D eigenvalue weighted by molar-refractivity contribution is -0.906. The SMILES string of the molecule is NC(=O)N(OCC1c2ccccc2-c2ccccc21)C(Cc1ccccc1)C(=O)[N+]1(O)C(=O)CCC1=O. The van der Waals surface area contributed by atoms with Crippen LogP contribution in [-0.2, 0) is 25.6 Å². The number of urea groups is 1. The monoisotopic (exact) mass is 500 g/mol. The van der Waals surface area contributed by atoms with E-state index in [2.05, 4.69) is 0 Å². The van der Waals surface area contributed by atoms with Gasteiger partial charge >= 0.3 is 23.8 Å². The molecule has 188 valence electrons. The fraction of sp³-hybridized carbons (Fsp3) is 0.214. The molecule has 9 heteroatoms. The van der Waals surface area contributed by atoms with Gasteiger partial charge in [-0.3, -0.25) is 4.84 Å². The highest BCUT2D eigenvalue weighted by atomic mass is 16.7. The molecule has 1 atom stereocenters. The first-order valence-corrected chi connectivity index (χ1v) is 12.0. The summed E-state index contributed by atoms with van der Waals surface area (Å²) < 4.78 is -2.01. The molecule has 0 spiro atoms. The van der Waals surface area contributed by atoms with Gasteiger partial charge in [-0.15, -0.1) is 0 Å². The Bertz CT molecular complexity index is 1330. The van der Waals surface area contributed by atoms with Crippen molar-refractivity contribution < 1.29 is 33.9 Å². The van der Waals surface area contributed by atoms with Crippen LogP contribution in [0.2, 0.25) is 0 Å². The maximum absolute atomic E-state index is 13.6. The average Bonchev–Trinajstić information content (AvgIpc) is 3.37. The molecule has 3 aromatic rings. The van der Waals surface area contributed by atoms with Crippen molar-refractivity contribution in [2.75, 3.05) is 6.61 Å². The second kappa shape index (κ2) is 9.70. The lowest BCUT2D eigenvalue weighted by Gasteiger charge is -2.31. The maximum atomic E-state index is 13.6. The number of hydrogen-bond acceptors (Lipinski definition) is 6. The topological polar surface area (TPSA) is 127 Å². The molecule has 3 aromatic carbocycles. The van der Waals surface area contributed by atoms with E-state index in [0.717, 1.165) is 22.3 Å². The third kappa shape index (κ3) is 4.23. The van der Waals surface area contributed by atoms with Crippen LogP contribution in [0.15, 0.2) is 78.9 Å². The number of carbonyl (C=O) groups excluding carboxylic acids is 4. The molecule has 9 nitrogen and oxygen atoms in total. The van der Waals surface area contributed by atoms with Gasteiger partial charge in [-0.05, 0) is 27.8 Å². The van der Waals surface area contributed by atoms with E-state index >= 15 is 0 Å². The number of quaternary nitrogens is 1. The zero-order valence-electron chi connectivity index (χ0n) is 19.9. The van der Waals surface area contributed by atoms with Gasteiger partial charge in [0.1, 0.15) is 0 Å². The van der Waals surface area contributed by atoms with Crippen LogP contribution < -0.4 is 5.73 Å². The van der Waals surface area contributed by atoms with Crippen LogP contribution in [0.1, 0.15) is 35.4 Å². The first-order chi connectivity index (χ1) is 17.8. The highest BCUT2D eigenvalue weighted by Crippen LogP contribution is 2.44. The van der Waals surface area contributed by atoms with Crippen molar-refractivity contribution in [2.45, 2.75) is 31.2 Å². The predicted molar refractivity (Wildman–Crippen MR) is 131 cm³/mol. The Morgan fingerprint density at radius 3 is 1.95 bits per heavy atom. The third-order valence-corrected chi connectivity index (χ3v) is 6.99. The predicted octanol–water partition coefficient (Wildman–Crippen LogP) is 3.30. The Balaban J connectivity index is 1.48. The zero-order valence-corrected chi connectivity index (χ0v) is 19.9. The molecular formula is C28H26N3O6+. The van der Waals surface area contributed by atoms with Crippen molar-refractivity contribution >= 4 is 23.8 Å². The van der Waals surface area contributed by atoms with Crippen LogP contribution in [0.3, 0.4) is 0 Å². The van der Waals surface area contributed by atoms with Gasteiger partial charge < -0.3 is 5.73 Å². The minimum atomic E-state index is -2.01. The first kappa shape index (κ1) is 24.5. The number of hydroxylamine groups is 5. The summed E-state index contributed by atoms with van der Waals surface area (Å²) >= 11 is 0. The normalized spacial score (nSPS) is 16.8. The van der Waals surface area contributed by atoms with Gasteiger partial charge in [0.2, 0.25) is 0 Å². The lowest BCUT2D eigenvalue weighted by atomic mass is 9.98. The summed E-state index contributed by atoms with van der Waals surface area (Å²) in [6.45, 7) is -0.0388. The van der Waals surface area contributed by atoms with Gasteiger partial charge in [0.15, 0.2) is 6.04 Å². The molecule has 1 saturated heterocycles. The van der Waals surface area contributed by atoms with Crippen molar-refractivity contribution in [3.05, 3.63) is 95.6 Å². The molecule has 0 saturated carbocycles. The second-order valence-electron chi connectivity index (χ2n) is 9.15. The van der Waals surface area contributed by atoms with Gasteiger partial charge in [0, 0.05) is 17.0 Å². The molecule has 3 N–H and O–H groups in total. The second-order valence-corrected chi connectivity index (χ2v) is 9.15. The van der Waals surface area contributed by atoms with Crippen LogP contribution in [-0.4, -0.2) is 51.3 Å². The Morgan fingerprint density at radius 2 is 1.41 bits per heavy atom. The van der Waals surface area contributed by atoms with Crippen molar-refractivity contribution in [3.63, 3.8) is 0 Å². The summed E-state index contributed by atoms with van der Waals surface area (Å²) in [6, 6.07) is 21.8. The van der Waals surface area contributed by atoms with Gasteiger partial charge in [-0.25, -0.2) is 19.2 Å². The summed E-state index contributed by atoms with van der Waals surface area (Å²) in [6.07, 6.45) is -0.667. The van der Waals surface area contributed by atoms with E-state index in [1.807, 2.05) is 48.5 Å². The number of nitrogens with zero attached hydrogens (tertiary/aromatic N) is 2. The molecule has 5 rings (SSSR count). The summed E-state index contributed by atoms with van der Waals surface area (Å²) in [5.41, 5.74) is 10.4. The highest BCUT2D eigenvalue weighted by Gasteiger charge is 2.60. The van der Waals surface area contributed by atoms with Crippen molar-refractivity contribution in [2.24, 2.45) is 5.73 Å². The molecule has 0 radical (unpaired) electrons. The molecule has 0 bridgehead atoms. The summed E-state index contributed by atoms with van der Waals surface area (Å²) in [5, 5.41) is 11.6. The molecule has 1 fully saturated rings. The molecule has 1 aliphatic heterocycles. The zero-order chi connectivity index (χ0) is 26.2. The number of fused-ring (bicyclic) bond motifs is 3. The summed E-state index contributed by atoms with van der Waals surface area (Å²) in [7, 11) is 0. The van der Waals surface area contributed by atoms with E-state index in [1.165, 1.54) is 0 Å². The fourth-order valence-corrected chi connectivity index (χ4v) is 5.15. The van der Waals surface area contributed by atoms with Crippen LogP contribution in [0.4, 0.5) is 4.79 Å². The largest absolute Gasteiger partial charge is 0.386 e. The van der Waals surface area contributed by atoms with E-state index in [9.17, 15) is 24.4 Å². The molecule has 0 aromatic heterocycles. The van der Waals surface area contributed by atoms with Crippen molar-refractivity contribution in [1.82, 2.24) is 5.06 Å². The van der Waals surface area contributed by atoms with Crippen LogP contribution in [0.5, 0.6) is 0 Å². The van der Waals surface area contributed by atoms with E-state index in [-0.39, 0.29) is 31.8 Å².